The maximum atomic E-state index is 9.92. The van der Waals surface area contributed by atoms with Crippen molar-refractivity contribution in [1.29, 1.82) is 5.26 Å². The van der Waals surface area contributed by atoms with Gasteiger partial charge in [0.2, 0.25) is 0 Å². The molecule has 1 N–H and O–H groups in total. The van der Waals surface area contributed by atoms with E-state index in [4.69, 9.17) is 9.51 Å². The smallest absolute Gasteiger partial charge is 0.187 e. The van der Waals surface area contributed by atoms with Crippen molar-refractivity contribution in [3.63, 3.8) is 0 Å². The van der Waals surface area contributed by atoms with Crippen LogP contribution in [0.25, 0.3) is 33.3 Å². The lowest BCUT2D eigenvalue weighted by Gasteiger charge is -2.30. The van der Waals surface area contributed by atoms with Gasteiger partial charge in [-0.3, -0.25) is 9.97 Å². The maximum absolute atomic E-state index is 9.92. The Morgan fingerprint density at radius 2 is 2.00 bits per heavy atom. The van der Waals surface area contributed by atoms with Crippen LogP contribution >= 0.6 is 11.3 Å². The van der Waals surface area contributed by atoms with Crippen molar-refractivity contribution in [2.24, 2.45) is 0 Å². The lowest BCUT2D eigenvalue weighted by Crippen LogP contribution is -2.39. The van der Waals surface area contributed by atoms with E-state index >= 15 is 0 Å². The summed E-state index contributed by atoms with van der Waals surface area (Å²) < 4.78 is 5.65. The fourth-order valence-electron chi connectivity index (χ4n) is 4.08. The summed E-state index contributed by atoms with van der Waals surface area (Å²) in [5.74, 6) is 0.584. The van der Waals surface area contributed by atoms with E-state index in [2.05, 4.69) is 39.5 Å². The Hall–Kier alpha value is -3.41. The van der Waals surface area contributed by atoms with E-state index in [9.17, 15) is 5.26 Å². The molecule has 164 valence electrons. The summed E-state index contributed by atoms with van der Waals surface area (Å²) in [5, 5.41) is 19.5. The first kappa shape index (κ1) is 20.5. The molecule has 0 saturated carbocycles. The van der Waals surface area contributed by atoms with Crippen LogP contribution in [0.4, 0.5) is 0 Å². The molecule has 0 bridgehead atoms. The van der Waals surface area contributed by atoms with Gasteiger partial charge in [0.25, 0.3) is 0 Å². The zero-order valence-electron chi connectivity index (χ0n) is 17.9. The van der Waals surface area contributed by atoms with Gasteiger partial charge in [-0.25, -0.2) is 4.98 Å². The maximum Gasteiger partial charge on any atom is 0.187 e. The lowest BCUT2D eigenvalue weighted by molar-refractivity contribution is 0.375. The van der Waals surface area contributed by atoms with E-state index in [1.165, 1.54) is 5.56 Å². The van der Waals surface area contributed by atoms with Gasteiger partial charge in [0.1, 0.15) is 16.8 Å². The highest BCUT2D eigenvalue weighted by atomic mass is 32.1. The molecule has 8 heteroatoms. The van der Waals surface area contributed by atoms with Gasteiger partial charge in [0.15, 0.2) is 5.76 Å². The number of piperidine rings is 1. The molecule has 0 unspecified atom stereocenters. The summed E-state index contributed by atoms with van der Waals surface area (Å²) in [4.78, 5) is 15.0. The van der Waals surface area contributed by atoms with Gasteiger partial charge in [0.05, 0.1) is 34.2 Å². The quantitative estimate of drug-likeness (QED) is 0.461. The van der Waals surface area contributed by atoms with Crippen LogP contribution in [0.3, 0.4) is 0 Å². The van der Waals surface area contributed by atoms with E-state index in [0.29, 0.717) is 17.1 Å². The SMILES string of the molecule is Cc1ccsc1-c1cc(-c2nc(-c3ccnc(C4(C#N)CCNCC4)c3)cnc2C)on1.[HH].[HH]. The minimum absolute atomic E-state index is 0. The fraction of sp³-hybridized carbons (Fsp3) is 0.292. The summed E-state index contributed by atoms with van der Waals surface area (Å²) in [6.45, 7) is 5.59. The van der Waals surface area contributed by atoms with Gasteiger partial charge in [0, 0.05) is 20.7 Å². The molecular weight excluding hydrogens is 420 g/mol. The Morgan fingerprint density at radius 1 is 1.16 bits per heavy atom. The molecule has 0 spiro atoms. The second-order valence-electron chi connectivity index (χ2n) is 8.07. The van der Waals surface area contributed by atoms with Crippen molar-refractivity contribution in [1.82, 2.24) is 25.4 Å². The number of rotatable bonds is 4. The lowest BCUT2D eigenvalue weighted by atomic mass is 9.77. The van der Waals surface area contributed by atoms with E-state index in [0.717, 1.165) is 53.5 Å². The molecule has 4 aromatic rings. The van der Waals surface area contributed by atoms with E-state index in [1.54, 1.807) is 23.7 Å². The number of aryl methyl sites for hydroxylation is 2. The average Bonchev–Trinajstić information content (AvgIpc) is 3.49. The van der Waals surface area contributed by atoms with Crippen molar-refractivity contribution in [2.75, 3.05) is 13.1 Å². The molecule has 32 heavy (non-hydrogen) atoms. The van der Waals surface area contributed by atoms with E-state index in [1.807, 2.05) is 30.5 Å². The average molecular weight is 447 g/mol. The number of hydrogen-bond donors (Lipinski definition) is 1. The summed E-state index contributed by atoms with van der Waals surface area (Å²) in [5.41, 5.74) is 5.20. The molecule has 1 saturated heterocycles. The number of nitriles is 1. The van der Waals surface area contributed by atoms with Crippen molar-refractivity contribution >= 4 is 11.3 Å². The summed E-state index contributed by atoms with van der Waals surface area (Å²) in [7, 11) is 0. The zero-order valence-corrected chi connectivity index (χ0v) is 18.7. The van der Waals surface area contributed by atoms with Crippen molar-refractivity contribution in [3.8, 4) is 39.4 Å². The standard InChI is InChI=1S/C24H22N6OS.2H2/c1-15-4-10-32-23(15)18-12-20(31-30-18)22-16(2)28-13-19(29-22)17-3-7-27-21(11-17)24(14-25)5-8-26-9-6-24;;/h3-4,7,10-13,26H,5-6,8-9H2,1-2H3;2*1H. The Morgan fingerprint density at radius 3 is 2.75 bits per heavy atom. The Labute approximate surface area is 193 Å². The summed E-state index contributed by atoms with van der Waals surface area (Å²) >= 11 is 1.64. The highest BCUT2D eigenvalue weighted by Crippen LogP contribution is 2.35. The molecule has 1 aliphatic heterocycles. The number of hydrogen-bond acceptors (Lipinski definition) is 8. The molecule has 0 aromatic carbocycles. The van der Waals surface area contributed by atoms with Crippen LogP contribution in [0.15, 0.2) is 46.6 Å². The van der Waals surface area contributed by atoms with Gasteiger partial charge in [-0.15, -0.1) is 11.3 Å². The Bertz CT molecular complexity index is 1320. The Kier molecular flexibility index (Phi) is 5.29. The predicted molar refractivity (Wildman–Crippen MR) is 127 cm³/mol. The first-order valence-corrected chi connectivity index (χ1v) is 11.4. The van der Waals surface area contributed by atoms with Crippen LogP contribution in [0, 0.1) is 25.2 Å². The normalized spacial score (nSPS) is 15.4. The molecule has 0 amide bonds. The van der Waals surface area contributed by atoms with Crippen molar-refractivity contribution in [2.45, 2.75) is 32.1 Å². The summed E-state index contributed by atoms with van der Waals surface area (Å²) in [6.07, 6.45) is 4.99. The third-order valence-corrected chi connectivity index (χ3v) is 7.05. The van der Waals surface area contributed by atoms with Gasteiger partial charge in [-0.05, 0) is 68.9 Å². The Balaban J connectivity index is 0.00000162. The fourth-order valence-corrected chi connectivity index (χ4v) is 4.96. The van der Waals surface area contributed by atoms with Crippen LogP contribution in [0.1, 0.15) is 32.6 Å². The number of nitrogens with one attached hydrogen (secondary N) is 1. The molecule has 0 aliphatic carbocycles. The largest absolute Gasteiger partial charge is 0.354 e. The van der Waals surface area contributed by atoms with E-state index in [-0.39, 0.29) is 2.85 Å². The van der Waals surface area contributed by atoms with Crippen LogP contribution in [0.2, 0.25) is 0 Å². The van der Waals surface area contributed by atoms with Crippen LogP contribution in [0.5, 0.6) is 0 Å². The molecule has 0 atom stereocenters. The molecular formula is C24H26N6OS. The second kappa shape index (κ2) is 8.26. The van der Waals surface area contributed by atoms with Gasteiger partial charge in [-0.1, -0.05) is 5.16 Å². The zero-order chi connectivity index (χ0) is 22.1. The molecule has 5 rings (SSSR count). The third kappa shape index (κ3) is 3.60. The number of nitrogens with zero attached hydrogens (tertiary/aromatic N) is 5. The van der Waals surface area contributed by atoms with Gasteiger partial charge >= 0.3 is 0 Å². The molecule has 7 nitrogen and oxygen atoms in total. The van der Waals surface area contributed by atoms with Crippen molar-refractivity contribution < 1.29 is 7.38 Å². The van der Waals surface area contributed by atoms with Gasteiger partial charge in [-0.2, -0.15) is 5.26 Å². The van der Waals surface area contributed by atoms with Crippen LogP contribution in [-0.2, 0) is 5.41 Å². The first-order chi connectivity index (χ1) is 15.6. The highest BCUT2D eigenvalue weighted by molar-refractivity contribution is 7.13. The molecule has 5 heterocycles. The molecule has 0 radical (unpaired) electrons. The van der Waals surface area contributed by atoms with Crippen LogP contribution in [-0.4, -0.2) is 33.2 Å². The topological polar surface area (TPSA) is 101 Å². The monoisotopic (exact) mass is 446 g/mol. The van der Waals surface area contributed by atoms with Crippen LogP contribution < -0.4 is 5.32 Å². The van der Waals surface area contributed by atoms with Crippen molar-refractivity contribution in [3.05, 3.63) is 59.0 Å². The third-order valence-electron chi connectivity index (χ3n) is 6.01. The minimum atomic E-state index is -0.569. The summed E-state index contributed by atoms with van der Waals surface area (Å²) in [6, 6.07) is 10.4. The molecule has 4 aromatic heterocycles. The number of pyridine rings is 1. The molecule has 1 aliphatic rings. The first-order valence-electron chi connectivity index (χ1n) is 10.5. The van der Waals surface area contributed by atoms with E-state index < -0.39 is 5.41 Å². The second-order valence-corrected chi connectivity index (χ2v) is 8.99. The highest BCUT2D eigenvalue weighted by Gasteiger charge is 2.35. The number of aromatic nitrogens is 4. The predicted octanol–water partition coefficient (Wildman–Crippen LogP) is 5.18. The molecule has 1 fully saturated rings. The number of thiophene rings is 1. The van der Waals surface area contributed by atoms with Gasteiger partial charge < -0.3 is 9.84 Å². The minimum Gasteiger partial charge on any atom is -0.354 e.